The van der Waals surface area contributed by atoms with Gasteiger partial charge >= 0.3 is 0 Å². The summed E-state index contributed by atoms with van der Waals surface area (Å²) in [5, 5.41) is 0. The molecule has 1 aromatic rings. The predicted octanol–water partition coefficient (Wildman–Crippen LogP) is 1.95. The third-order valence-corrected chi connectivity index (χ3v) is 3.60. The maximum Gasteiger partial charge on any atom is 0.131 e. The van der Waals surface area contributed by atoms with Crippen LogP contribution in [0.1, 0.15) is 25.3 Å². The van der Waals surface area contributed by atoms with Crippen LogP contribution in [0.3, 0.4) is 0 Å². The monoisotopic (exact) mass is 219 g/mol. The van der Waals surface area contributed by atoms with E-state index in [0.29, 0.717) is 12.0 Å². The minimum atomic E-state index is 0.366. The van der Waals surface area contributed by atoms with Crippen molar-refractivity contribution >= 4 is 5.82 Å². The summed E-state index contributed by atoms with van der Waals surface area (Å²) in [5.74, 6) is 1.74. The molecule has 0 aliphatic carbocycles. The van der Waals surface area contributed by atoms with Gasteiger partial charge in [0.1, 0.15) is 5.82 Å². The Morgan fingerprint density at radius 2 is 2.38 bits per heavy atom. The molecule has 0 bridgehead atoms. The van der Waals surface area contributed by atoms with E-state index in [-0.39, 0.29) is 0 Å². The Morgan fingerprint density at radius 1 is 1.56 bits per heavy atom. The number of hydrogen-bond acceptors (Lipinski definition) is 3. The van der Waals surface area contributed by atoms with Gasteiger partial charge in [-0.05, 0) is 30.9 Å². The molecule has 1 aliphatic heterocycles. The van der Waals surface area contributed by atoms with E-state index in [4.69, 9.17) is 5.73 Å². The van der Waals surface area contributed by atoms with Crippen LogP contribution >= 0.6 is 0 Å². The molecule has 88 valence electrons. The number of anilines is 1. The summed E-state index contributed by atoms with van der Waals surface area (Å²) in [4.78, 5) is 6.86. The van der Waals surface area contributed by atoms with Gasteiger partial charge < -0.3 is 10.6 Å². The molecule has 2 rings (SSSR count). The van der Waals surface area contributed by atoms with Gasteiger partial charge in [0, 0.05) is 25.3 Å². The molecule has 16 heavy (non-hydrogen) atoms. The van der Waals surface area contributed by atoms with Crippen LogP contribution in [0.4, 0.5) is 5.82 Å². The fourth-order valence-corrected chi connectivity index (χ4v) is 2.48. The molecule has 2 atom stereocenters. The minimum absolute atomic E-state index is 0.366. The summed E-state index contributed by atoms with van der Waals surface area (Å²) in [5.41, 5.74) is 7.38. The first-order valence-electron chi connectivity index (χ1n) is 6.14. The molecule has 0 amide bonds. The van der Waals surface area contributed by atoms with E-state index < -0.39 is 0 Å². The molecular formula is C13H21N3. The largest absolute Gasteiger partial charge is 0.356 e. The molecule has 2 heterocycles. The molecule has 1 aliphatic rings. The van der Waals surface area contributed by atoms with Crippen LogP contribution in [-0.4, -0.2) is 24.1 Å². The molecule has 0 aromatic carbocycles. The Hall–Kier alpha value is -1.09. The molecule has 0 radical (unpaired) electrons. The van der Waals surface area contributed by atoms with E-state index in [9.17, 15) is 0 Å². The molecule has 2 unspecified atom stereocenters. The smallest absolute Gasteiger partial charge is 0.131 e. The molecule has 1 saturated heterocycles. The molecule has 0 spiro atoms. The first-order valence-corrected chi connectivity index (χ1v) is 6.14. The molecule has 0 saturated carbocycles. The standard InChI is InChI=1S/C13H21N3/c1-3-11-9-16(8-6-12(11)14)13-10(2)5-4-7-15-13/h4-5,7,11-12H,3,6,8-9,14H2,1-2H3. The van der Waals surface area contributed by atoms with Gasteiger partial charge in [0.15, 0.2) is 0 Å². The highest BCUT2D eigenvalue weighted by Gasteiger charge is 2.26. The van der Waals surface area contributed by atoms with Gasteiger partial charge in [0.05, 0.1) is 0 Å². The van der Waals surface area contributed by atoms with Crippen LogP contribution in [0.2, 0.25) is 0 Å². The summed E-state index contributed by atoms with van der Waals surface area (Å²) >= 11 is 0. The molecule has 1 fully saturated rings. The van der Waals surface area contributed by atoms with Crippen LogP contribution < -0.4 is 10.6 Å². The zero-order chi connectivity index (χ0) is 11.5. The van der Waals surface area contributed by atoms with Crippen molar-refractivity contribution in [3.63, 3.8) is 0 Å². The maximum atomic E-state index is 6.12. The normalized spacial score (nSPS) is 25.8. The average molecular weight is 219 g/mol. The van der Waals surface area contributed by atoms with Crippen molar-refractivity contribution in [3.05, 3.63) is 23.9 Å². The fourth-order valence-electron chi connectivity index (χ4n) is 2.48. The second-order valence-corrected chi connectivity index (χ2v) is 4.71. The quantitative estimate of drug-likeness (QED) is 0.826. The van der Waals surface area contributed by atoms with Gasteiger partial charge in [-0.15, -0.1) is 0 Å². The van der Waals surface area contributed by atoms with E-state index in [1.54, 1.807) is 0 Å². The summed E-state index contributed by atoms with van der Waals surface area (Å²) in [6, 6.07) is 4.48. The van der Waals surface area contributed by atoms with Gasteiger partial charge in [-0.25, -0.2) is 4.98 Å². The van der Waals surface area contributed by atoms with Crippen molar-refractivity contribution in [1.82, 2.24) is 4.98 Å². The van der Waals surface area contributed by atoms with Gasteiger partial charge in [-0.3, -0.25) is 0 Å². The second-order valence-electron chi connectivity index (χ2n) is 4.71. The third kappa shape index (κ3) is 2.19. The lowest BCUT2D eigenvalue weighted by Crippen LogP contribution is -2.47. The number of nitrogens with zero attached hydrogens (tertiary/aromatic N) is 2. The van der Waals surface area contributed by atoms with Gasteiger partial charge in [-0.1, -0.05) is 19.4 Å². The van der Waals surface area contributed by atoms with Crippen molar-refractivity contribution in [2.75, 3.05) is 18.0 Å². The first kappa shape index (κ1) is 11.4. The average Bonchev–Trinajstić information content (AvgIpc) is 2.31. The zero-order valence-electron chi connectivity index (χ0n) is 10.2. The van der Waals surface area contributed by atoms with Crippen LogP contribution in [0, 0.1) is 12.8 Å². The number of aromatic nitrogens is 1. The Labute approximate surface area is 97.7 Å². The number of piperidine rings is 1. The highest BCUT2D eigenvalue weighted by Crippen LogP contribution is 2.24. The summed E-state index contributed by atoms with van der Waals surface area (Å²) in [7, 11) is 0. The van der Waals surface area contributed by atoms with Crippen LogP contribution in [0.15, 0.2) is 18.3 Å². The number of pyridine rings is 1. The summed E-state index contributed by atoms with van der Waals surface area (Å²) < 4.78 is 0. The highest BCUT2D eigenvalue weighted by atomic mass is 15.2. The lowest BCUT2D eigenvalue weighted by molar-refractivity contribution is 0.346. The number of nitrogens with two attached hydrogens (primary N) is 1. The summed E-state index contributed by atoms with van der Waals surface area (Å²) in [6.07, 6.45) is 4.11. The van der Waals surface area contributed by atoms with Crippen molar-refractivity contribution in [2.45, 2.75) is 32.7 Å². The van der Waals surface area contributed by atoms with Crippen molar-refractivity contribution in [3.8, 4) is 0 Å². The molecular weight excluding hydrogens is 198 g/mol. The van der Waals surface area contributed by atoms with Gasteiger partial charge in [0.2, 0.25) is 0 Å². The van der Waals surface area contributed by atoms with Crippen molar-refractivity contribution in [2.24, 2.45) is 11.7 Å². The lowest BCUT2D eigenvalue weighted by atomic mass is 9.90. The van der Waals surface area contributed by atoms with E-state index in [1.807, 2.05) is 12.3 Å². The zero-order valence-corrected chi connectivity index (χ0v) is 10.2. The topological polar surface area (TPSA) is 42.2 Å². The second kappa shape index (κ2) is 4.83. The maximum absolute atomic E-state index is 6.12. The highest BCUT2D eigenvalue weighted by molar-refractivity contribution is 5.46. The van der Waals surface area contributed by atoms with Gasteiger partial charge in [-0.2, -0.15) is 0 Å². The Morgan fingerprint density at radius 3 is 3.06 bits per heavy atom. The Kier molecular flexibility index (Phi) is 3.44. The Balaban J connectivity index is 2.14. The number of aryl methyl sites for hydroxylation is 1. The van der Waals surface area contributed by atoms with Crippen LogP contribution in [0.25, 0.3) is 0 Å². The molecule has 1 aromatic heterocycles. The number of rotatable bonds is 2. The Bertz CT molecular complexity index is 351. The lowest BCUT2D eigenvalue weighted by Gasteiger charge is -2.37. The van der Waals surface area contributed by atoms with E-state index >= 15 is 0 Å². The van der Waals surface area contributed by atoms with E-state index in [0.717, 1.165) is 31.7 Å². The van der Waals surface area contributed by atoms with Crippen LogP contribution in [0.5, 0.6) is 0 Å². The fraction of sp³-hybridized carbons (Fsp3) is 0.615. The molecule has 3 nitrogen and oxygen atoms in total. The SMILES string of the molecule is CCC1CN(c2ncccc2C)CCC1N. The van der Waals surface area contributed by atoms with Crippen molar-refractivity contribution < 1.29 is 0 Å². The molecule has 2 N–H and O–H groups in total. The third-order valence-electron chi connectivity index (χ3n) is 3.60. The van der Waals surface area contributed by atoms with E-state index in [1.165, 1.54) is 5.56 Å². The van der Waals surface area contributed by atoms with E-state index in [2.05, 4.69) is 29.8 Å². The number of hydrogen-bond donors (Lipinski definition) is 1. The van der Waals surface area contributed by atoms with Crippen molar-refractivity contribution in [1.29, 1.82) is 0 Å². The van der Waals surface area contributed by atoms with Crippen LogP contribution in [-0.2, 0) is 0 Å². The minimum Gasteiger partial charge on any atom is -0.356 e. The van der Waals surface area contributed by atoms with Gasteiger partial charge in [0.25, 0.3) is 0 Å². The summed E-state index contributed by atoms with van der Waals surface area (Å²) in [6.45, 7) is 6.43. The first-order chi connectivity index (χ1) is 7.72. The molecule has 3 heteroatoms. The predicted molar refractivity (Wildman–Crippen MR) is 67.6 cm³/mol.